The maximum atomic E-state index is 13.2. The molecule has 0 aliphatic rings. The number of hydrogen-bond acceptors (Lipinski definition) is 1. The van der Waals surface area contributed by atoms with E-state index in [0.29, 0.717) is 24.5 Å². The number of amides is 1. The zero-order valence-corrected chi connectivity index (χ0v) is 11.2. The number of rotatable bonds is 4. The minimum absolute atomic E-state index is 0.202. The van der Waals surface area contributed by atoms with Gasteiger partial charge in [0.1, 0.15) is 5.82 Å². The molecule has 2 nitrogen and oxygen atoms in total. The van der Waals surface area contributed by atoms with Crippen LogP contribution >= 0.6 is 27.5 Å². The molecule has 0 heterocycles. The molecule has 1 amide bonds. The van der Waals surface area contributed by atoms with Crippen molar-refractivity contribution in [3.8, 4) is 0 Å². The van der Waals surface area contributed by atoms with Gasteiger partial charge in [0.2, 0.25) is 0 Å². The SMILES string of the molecule is CCN(CCCl)C(=O)c1cccc(F)c1Br. The van der Waals surface area contributed by atoms with Crippen molar-refractivity contribution in [3.63, 3.8) is 0 Å². The third-order valence-electron chi connectivity index (χ3n) is 2.21. The van der Waals surface area contributed by atoms with Crippen LogP contribution in [0.15, 0.2) is 22.7 Å². The second-order valence-electron chi connectivity index (χ2n) is 3.18. The van der Waals surface area contributed by atoms with Gasteiger partial charge in [-0.25, -0.2) is 4.39 Å². The molecule has 0 atom stereocenters. The van der Waals surface area contributed by atoms with Crippen LogP contribution in [0.3, 0.4) is 0 Å². The molecule has 16 heavy (non-hydrogen) atoms. The summed E-state index contributed by atoms with van der Waals surface area (Å²) in [6.07, 6.45) is 0. The number of halogens is 3. The smallest absolute Gasteiger partial charge is 0.255 e. The quantitative estimate of drug-likeness (QED) is 0.782. The molecular weight excluding hydrogens is 296 g/mol. The topological polar surface area (TPSA) is 20.3 Å². The summed E-state index contributed by atoms with van der Waals surface area (Å²) in [5.41, 5.74) is 0.326. The predicted molar refractivity (Wildman–Crippen MR) is 66.4 cm³/mol. The normalized spacial score (nSPS) is 10.2. The summed E-state index contributed by atoms with van der Waals surface area (Å²) in [7, 11) is 0. The minimum atomic E-state index is -0.437. The Balaban J connectivity index is 2.99. The van der Waals surface area contributed by atoms with Gasteiger partial charge in [-0.3, -0.25) is 4.79 Å². The third-order valence-corrected chi connectivity index (χ3v) is 3.18. The van der Waals surface area contributed by atoms with E-state index >= 15 is 0 Å². The molecule has 1 rings (SSSR count). The molecule has 0 spiro atoms. The van der Waals surface area contributed by atoms with Gasteiger partial charge in [0.15, 0.2) is 0 Å². The fourth-order valence-corrected chi connectivity index (χ4v) is 1.98. The van der Waals surface area contributed by atoms with E-state index in [1.807, 2.05) is 6.92 Å². The molecule has 0 fully saturated rings. The van der Waals surface area contributed by atoms with E-state index in [1.54, 1.807) is 11.0 Å². The van der Waals surface area contributed by atoms with Gasteiger partial charge < -0.3 is 4.90 Å². The third kappa shape index (κ3) is 2.95. The molecule has 0 saturated carbocycles. The second kappa shape index (κ2) is 6.21. The Kier molecular flexibility index (Phi) is 5.22. The van der Waals surface area contributed by atoms with Crippen LogP contribution in [-0.2, 0) is 0 Å². The number of alkyl halides is 1. The fraction of sp³-hybridized carbons (Fsp3) is 0.364. The Morgan fingerprint density at radius 3 is 2.81 bits per heavy atom. The lowest BCUT2D eigenvalue weighted by Crippen LogP contribution is -2.32. The van der Waals surface area contributed by atoms with E-state index in [1.165, 1.54) is 12.1 Å². The monoisotopic (exact) mass is 307 g/mol. The summed E-state index contributed by atoms with van der Waals surface area (Å²) in [4.78, 5) is 13.6. The molecule has 88 valence electrons. The van der Waals surface area contributed by atoms with Gasteiger partial charge >= 0.3 is 0 Å². The Morgan fingerprint density at radius 2 is 2.25 bits per heavy atom. The van der Waals surface area contributed by atoms with Gasteiger partial charge in [0.25, 0.3) is 5.91 Å². The molecule has 0 N–H and O–H groups in total. The van der Waals surface area contributed by atoms with Crippen molar-refractivity contribution in [1.29, 1.82) is 0 Å². The van der Waals surface area contributed by atoms with Crippen molar-refractivity contribution in [2.75, 3.05) is 19.0 Å². The van der Waals surface area contributed by atoms with Crippen LogP contribution in [0.4, 0.5) is 4.39 Å². The van der Waals surface area contributed by atoms with Crippen molar-refractivity contribution < 1.29 is 9.18 Å². The van der Waals surface area contributed by atoms with Gasteiger partial charge in [-0.15, -0.1) is 11.6 Å². The van der Waals surface area contributed by atoms with Crippen LogP contribution in [0, 0.1) is 5.82 Å². The Labute approximate surface area is 108 Å². The Morgan fingerprint density at radius 1 is 1.56 bits per heavy atom. The zero-order chi connectivity index (χ0) is 12.1. The highest BCUT2D eigenvalue weighted by molar-refractivity contribution is 9.10. The first-order chi connectivity index (χ1) is 7.61. The van der Waals surface area contributed by atoms with Crippen LogP contribution in [0.25, 0.3) is 0 Å². The average molecular weight is 309 g/mol. The molecular formula is C11H12BrClFNO. The van der Waals surface area contributed by atoms with Crippen molar-refractivity contribution in [1.82, 2.24) is 4.90 Å². The van der Waals surface area contributed by atoms with Gasteiger partial charge in [0, 0.05) is 19.0 Å². The lowest BCUT2D eigenvalue weighted by molar-refractivity contribution is 0.0772. The largest absolute Gasteiger partial charge is 0.338 e. The first-order valence-electron chi connectivity index (χ1n) is 4.91. The van der Waals surface area contributed by atoms with Gasteiger partial charge in [0.05, 0.1) is 10.0 Å². The number of carbonyl (C=O) groups is 1. The van der Waals surface area contributed by atoms with Crippen molar-refractivity contribution in [2.24, 2.45) is 0 Å². The van der Waals surface area contributed by atoms with Crippen LogP contribution in [-0.4, -0.2) is 29.8 Å². The number of hydrogen-bond donors (Lipinski definition) is 0. The lowest BCUT2D eigenvalue weighted by atomic mass is 10.2. The molecule has 1 aromatic rings. The van der Waals surface area contributed by atoms with Crippen LogP contribution in [0.1, 0.15) is 17.3 Å². The summed E-state index contributed by atoms with van der Waals surface area (Å²) in [5.74, 6) is -0.283. The first-order valence-corrected chi connectivity index (χ1v) is 6.23. The Hall–Kier alpha value is -0.610. The van der Waals surface area contributed by atoms with E-state index in [-0.39, 0.29) is 10.4 Å². The molecule has 0 unspecified atom stereocenters. The summed E-state index contributed by atoms with van der Waals surface area (Å²) < 4.78 is 13.5. The fourth-order valence-electron chi connectivity index (χ4n) is 1.34. The van der Waals surface area contributed by atoms with Gasteiger partial charge in [-0.1, -0.05) is 6.07 Å². The maximum Gasteiger partial charge on any atom is 0.255 e. The Bertz CT molecular complexity index is 386. The van der Waals surface area contributed by atoms with Crippen molar-refractivity contribution >= 4 is 33.4 Å². The van der Waals surface area contributed by atoms with E-state index in [4.69, 9.17) is 11.6 Å². The van der Waals surface area contributed by atoms with E-state index in [2.05, 4.69) is 15.9 Å². The van der Waals surface area contributed by atoms with Crippen LogP contribution in [0.5, 0.6) is 0 Å². The second-order valence-corrected chi connectivity index (χ2v) is 4.35. The van der Waals surface area contributed by atoms with E-state index in [9.17, 15) is 9.18 Å². The molecule has 0 saturated heterocycles. The van der Waals surface area contributed by atoms with Gasteiger partial charge in [-0.2, -0.15) is 0 Å². The van der Waals surface area contributed by atoms with E-state index in [0.717, 1.165) is 0 Å². The summed E-state index contributed by atoms with van der Waals surface area (Å²) in [6.45, 7) is 2.87. The van der Waals surface area contributed by atoms with Crippen molar-refractivity contribution in [2.45, 2.75) is 6.92 Å². The van der Waals surface area contributed by atoms with Crippen molar-refractivity contribution in [3.05, 3.63) is 34.1 Å². The average Bonchev–Trinajstić information content (AvgIpc) is 2.29. The number of nitrogens with zero attached hydrogens (tertiary/aromatic N) is 1. The molecule has 0 aliphatic carbocycles. The molecule has 0 radical (unpaired) electrons. The standard InChI is InChI=1S/C11H12BrClFNO/c1-2-15(7-6-13)11(16)8-4-3-5-9(14)10(8)12/h3-5H,2,6-7H2,1H3. The highest BCUT2D eigenvalue weighted by Crippen LogP contribution is 2.21. The summed E-state index contributed by atoms with van der Waals surface area (Å²) in [6, 6.07) is 4.41. The molecule has 0 aromatic heterocycles. The first kappa shape index (κ1) is 13.5. The predicted octanol–water partition coefficient (Wildman–Crippen LogP) is 3.29. The molecule has 0 aliphatic heterocycles. The highest BCUT2D eigenvalue weighted by atomic mass is 79.9. The number of benzene rings is 1. The summed E-state index contributed by atoms with van der Waals surface area (Å²) in [5, 5.41) is 0. The highest BCUT2D eigenvalue weighted by Gasteiger charge is 2.17. The minimum Gasteiger partial charge on any atom is -0.338 e. The number of carbonyl (C=O) groups excluding carboxylic acids is 1. The lowest BCUT2D eigenvalue weighted by Gasteiger charge is -2.20. The summed E-state index contributed by atoms with van der Waals surface area (Å²) >= 11 is 8.67. The van der Waals surface area contributed by atoms with Crippen LogP contribution < -0.4 is 0 Å². The molecule has 1 aromatic carbocycles. The van der Waals surface area contributed by atoms with Gasteiger partial charge in [-0.05, 0) is 35.0 Å². The molecule has 0 bridgehead atoms. The zero-order valence-electron chi connectivity index (χ0n) is 8.84. The van der Waals surface area contributed by atoms with E-state index < -0.39 is 5.82 Å². The maximum absolute atomic E-state index is 13.2. The van der Waals surface area contributed by atoms with Crippen LogP contribution in [0.2, 0.25) is 0 Å². The molecule has 5 heteroatoms.